The highest BCUT2D eigenvalue weighted by Crippen LogP contribution is 2.12. The van der Waals surface area contributed by atoms with E-state index < -0.39 is 0 Å². The van der Waals surface area contributed by atoms with Gasteiger partial charge in [-0.2, -0.15) is 0 Å². The molecule has 2 heterocycles. The van der Waals surface area contributed by atoms with Crippen molar-refractivity contribution in [3.63, 3.8) is 0 Å². The van der Waals surface area contributed by atoms with E-state index in [0.717, 1.165) is 23.9 Å². The Labute approximate surface area is 110 Å². The van der Waals surface area contributed by atoms with Crippen LogP contribution in [-0.4, -0.2) is 16.5 Å². The van der Waals surface area contributed by atoms with Gasteiger partial charge in [-0.05, 0) is 23.9 Å². The van der Waals surface area contributed by atoms with Crippen molar-refractivity contribution in [2.24, 2.45) is 0 Å². The number of nitrogens with zero attached hydrogens (tertiary/aromatic N) is 2. The van der Waals surface area contributed by atoms with Gasteiger partial charge in [-0.3, -0.25) is 0 Å². The van der Waals surface area contributed by atoms with Gasteiger partial charge in [0.15, 0.2) is 0 Å². The average molecular weight is 255 g/mol. The number of nitrogens with one attached hydrogen (secondary N) is 1. The number of rotatable bonds is 4. The quantitative estimate of drug-likeness (QED) is 0.777. The van der Waals surface area contributed by atoms with E-state index in [-0.39, 0.29) is 0 Å². The molecule has 0 aliphatic heterocycles. The maximum absolute atomic E-state index is 4.48. The topological polar surface area (TPSA) is 37.8 Å². The van der Waals surface area contributed by atoms with Gasteiger partial charge in [0.1, 0.15) is 0 Å². The fourth-order valence-electron chi connectivity index (χ4n) is 1.81. The molecule has 0 saturated carbocycles. The molecule has 2 aromatic heterocycles. The third-order valence-electron chi connectivity index (χ3n) is 2.72. The lowest BCUT2D eigenvalue weighted by Crippen LogP contribution is -2.07. The predicted octanol–water partition coefficient (Wildman–Crippen LogP) is 3.35. The fourth-order valence-corrected chi connectivity index (χ4v) is 2.52. The van der Waals surface area contributed by atoms with Gasteiger partial charge in [0.2, 0.25) is 5.95 Å². The largest absolute Gasteiger partial charge is 0.354 e. The fraction of sp³-hybridized carbons (Fsp3) is 0.143. The van der Waals surface area contributed by atoms with Crippen LogP contribution in [0, 0.1) is 0 Å². The molecule has 0 bridgehead atoms. The van der Waals surface area contributed by atoms with Crippen LogP contribution in [-0.2, 0) is 6.42 Å². The second-order valence-electron chi connectivity index (χ2n) is 4.01. The van der Waals surface area contributed by atoms with Crippen LogP contribution in [0.4, 0.5) is 5.95 Å². The van der Waals surface area contributed by atoms with Gasteiger partial charge in [0.25, 0.3) is 0 Å². The van der Waals surface area contributed by atoms with Crippen molar-refractivity contribution in [1.82, 2.24) is 9.97 Å². The first-order valence-corrected chi connectivity index (χ1v) is 6.78. The Morgan fingerprint density at radius 2 is 2.06 bits per heavy atom. The van der Waals surface area contributed by atoms with Crippen molar-refractivity contribution in [2.75, 3.05) is 11.9 Å². The second kappa shape index (κ2) is 5.14. The Morgan fingerprint density at radius 3 is 2.94 bits per heavy atom. The zero-order valence-corrected chi connectivity index (χ0v) is 10.7. The molecule has 3 nitrogen and oxygen atoms in total. The molecular weight excluding hydrogens is 242 g/mol. The summed E-state index contributed by atoms with van der Waals surface area (Å²) in [6.07, 6.45) is 2.86. The Kier molecular flexibility index (Phi) is 3.19. The Hall–Kier alpha value is -1.94. The molecule has 1 aromatic carbocycles. The summed E-state index contributed by atoms with van der Waals surface area (Å²) >= 11 is 1.78. The maximum atomic E-state index is 4.48. The first kappa shape index (κ1) is 11.2. The van der Waals surface area contributed by atoms with E-state index in [0.29, 0.717) is 5.95 Å². The zero-order valence-electron chi connectivity index (χ0n) is 9.84. The van der Waals surface area contributed by atoms with Crippen LogP contribution in [0.1, 0.15) is 4.88 Å². The van der Waals surface area contributed by atoms with Crippen LogP contribution in [0.5, 0.6) is 0 Å². The summed E-state index contributed by atoms with van der Waals surface area (Å²) in [5, 5.41) is 6.43. The van der Waals surface area contributed by atoms with E-state index in [2.05, 4.69) is 32.8 Å². The van der Waals surface area contributed by atoms with Gasteiger partial charge in [0, 0.05) is 23.0 Å². The number of benzene rings is 1. The lowest BCUT2D eigenvalue weighted by atomic mass is 10.2. The molecule has 0 aliphatic rings. The van der Waals surface area contributed by atoms with Gasteiger partial charge in [-0.15, -0.1) is 11.3 Å². The molecular formula is C14H13N3S. The third kappa shape index (κ3) is 2.49. The Morgan fingerprint density at radius 1 is 1.11 bits per heavy atom. The standard InChI is InChI=1S/C14H13N3S/c1-2-6-13-11(4-1)10-16-14(17-13)15-8-7-12-5-3-9-18-12/h1-6,9-10H,7-8H2,(H,15,16,17). The van der Waals surface area contributed by atoms with Gasteiger partial charge in [-0.1, -0.05) is 24.3 Å². The zero-order chi connectivity index (χ0) is 12.2. The smallest absolute Gasteiger partial charge is 0.223 e. The highest BCUT2D eigenvalue weighted by molar-refractivity contribution is 7.09. The minimum atomic E-state index is 0.699. The van der Waals surface area contributed by atoms with Crippen LogP contribution in [0.15, 0.2) is 48.0 Å². The van der Waals surface area contributed by atoms with Crippen LogP contribution < -0.4 is 5.32 Å². The summed E-state index contributed by atoms with van der Waals surface area (Å²) in [7, 11) is 0. The first-order valence-electron chi connectivity index (χ1n) is 5.90. The van der Waals surface area contributed by atoms with Gasteiger partial charge >= 0.3 is 0 Å². The number of anilines is 1. The van der Waals surface area contributed by atoms with E-state index in [1.54, 1.807) is 11.3 Å². The summed E-state index contributed by atoms with van der Waals surface area (Å²) in [6.45, 7) is 0.860. The van der Waals surface area contributed by atoms with Crippen molar-refractivity contribution in [3.8, 4) is 0 Å². The molecule has 0 fully saturated rings. The van der Waals surface area contributed by atoms with E-state index >= 15 is 0 Å². The Bertz CT molecular complexity index is 634. The average Bonchev–Trinajstić information content (AvgIpc) is 2.92. The highest BCUT2D eigenvalue weighted by Gasteiger charge is 1.99. The molecule has 3 rings (SSSR count). The molecule has 0 spiro atoms. The molecule has 3 aromatic rings. The molecule has 0 radical (unpaired) electrons. The monoisotopic (exact) mass is 255 g/mol. The molecule has 18 heavy (non-hydrogen) atoms. The van der Waals surface area contributed by atoms with Crippen molar-refractivity contribution < 1.29 is 0 Å². The molecule has 1 N–H and O–H groups in total. The number of hydrogen-bond acceptors (Lipinski definition) is 4. The number of para-hydroxylation sites is 1. The lowest BCUT2D eigenvalue weighted by molar-refractivity contribution is 1.01. The molecule has 0 saturated heterocycles. The number of hydrogen-bond donors (Lipinski definition) is 1. The van der Waals surface area contributed by atoms with Gasteiger partial charge in [-0.25, -0.2) is 9.97 Å². The van der Waals surface area contributed by atoms with Crippen LogP contribution in [0.3, 0.4) is 0 Å². The molecule has 0 amide bonds. The minimum Gasteiger partial charge on any atom is -0.354 e. The van der Waals surface area contributed by atoms with Crippen molar-refractivity contribution >= 4 is 28.2 Å². The minimum absolute atomic E-state index is 0.699. The lowest BCUT2D eigenvalue weighted by Gasteiger charge is -2.04. The molecule has 4 heteroatoms. The molecule has 90 valence electrons. The van der Waals surface area contributed by atoms with E-state index in [1.165, 1.54) is 4.88 Å². The van der Waals surface area contributed by atoms with Crippen LogP contribution in [0.2, 0.25) is 0 Å². The second-order valence-corrected chi connectivity index (χ2v) is 5.04. The normalized spacial score (nSPS) is 10.7. The molecule has 0 aliphatic carbocycles. The SMILES string of the molecule is c1csc(CCNc2ncc3ccccc3n2)c1. The van der Waals surface area contributed by atoms with Crippen molar-refractivity contribution in [2.45, 2.75) is 6.42 Å². The predicted molar refractivity (Wildman–Crippen MR) is 76.1 cm³/mol. The molecule has 0 atom stereocenters. The van der Waals surface area contributed by atoms with E-state index in [1.807, 2.05) is 30.5 Å². The highest BCUT2D eigenvalue weighted by atomic mass is 32.1. The summed E-state index contributed by atoms with van der Waals surface area (Å²) in [6, 6.07) is 12.2. The van der Waals surface area contributed by atoms with Crippen molar-refractivity contribution in [1.29, 1.82) is 0 Å². The summed E-state index contributed by atoms with van der Waals surface area (Å²) < 4.78 is 0. The van der Waals surface area contributed by atoms with Crippen LogP contribution in [0.25, 0.3) is 10.9 Å². The summed E-state index contributed by atoms with van der Waals surface area (Å²) in [5.74, 6) is 0.699. The maximum Gasteiger partial charge on any atom is 0.223 e. The van der Waals surface area contributed by atoms with Gasteiger partial charge in [0.05, 0.1) is 5.52 Å². The number of fused-ring (bicyclic) bond motifs is 1. The van der Waals surface area contributed by atoms with Crippen molar-refractivity contribution in [3.05, 3.63) is 52.9 Å². The van der Waals surface area contributed by atoms with Crippen LogP contribution >= 0.6 is 11.3 Å². The summed E-state index contributed by atoms with van der Waals surface area (Å²) in [4.78, 5) is 10.2. The Balaban J connectivity index is 1.67. The van der Waals surface area contributed by atoms with Gasteiger partial charge < -0.3 is 5.32 Å². The van der Waals surface area contributed by atoms with E-state index in [4.69, 9.17) is 0 Å². The third-order valence-corrected chi connectivity index (χ3v) is 3.66. The molecule has 0 unspecified atom stereocenters. The number of thiophene rings is 1. The number of aromatic nitrogens is 2. The van der Waals surface area contributed by atoms with E-state index in [9.17, 15) is 0 Å². The summed E-state index contributed by atoms with van der Waals surface area (Å²) in [5.41, 5.74) is 0.978. The first-order chi connectivity index (χ1) is 8.92.